The fourth-order valence-electron chi connectivity index (χ4n) is 5.90. The van der Waals surface area contributed by atoms with Crippen molar-refractivity contribution in [3.63, 3.8) is 0 Å². The molecule has 0 aromatic heterocycles. The predicted octanol–water partition coefficient (Wildman–Crippen LogP) is 3.87. The van der Waals surface area contributed by atoms with Gasteiger partial charge in [0.1, 0.15) is 6.61 Å². The molecule has 1 saturated carbocycles. The SMILES string of the molecule is CC(CNC(=O)OCC1c2ccccc2-c2ccccc21)C(=O)N1CC(C(=O)O)C2(CCC2)C1. The molecule has 7 nitrogen and oxygen atoms in total. The van der Waals surface area contributed by atoms with Crippen LogP contribution in [0, 0.1) is 17.3 Å². The van der Waals surface area contributed by atoms with Gasteiger partial charge in [-0.05, 0) is 35.1 Å². The van der Waals surface area contributed by atoms with Gasteiger partial charge >= 0.3 is 12.1 Å². The molecule has 178 valence electrons. The van der Waals surface area contributed by atoms with Gasteiger partial charge in [0.25, 0.3) is 0 Å². The first-order valence-electron chi connectivity index (χ1n) is 12.0. The highest BCUT2D eigenvalue weighted by Gasteiger charge is 2.54. The summed E-state index contributed by atoms with van der Waals surface area (Å²) < 4.78 is 5.55. The number of carboxylic acids is 1. The monoisotopic (exact) mass is 462 g/mol. The zero-order valence-corrected chi connectivity index (χ0v) is 19.3. The van der Waals surface area contributed by atoms with E-state index in [9.17, 15) is 19.5 Å². The van der Waals surface area contributed by atoms with Crippen LogP contribution in [0.2, 0.25) is 0 Å². The summed E-state index contributed by atoms with van der Waals surface area (Å²) in [7, 11) is 0. The van der Waals surface area contributed by atoms with Crippen molar-refractivity contribution < 1.29 is 24.2 Å². The van der Waals surface area contributed by atoms with Gasteiger partial charge in [0.2, 0.25) is 5.91 Å². The Morgan fingerprint density at radius 1 is 1.09 bits per heavy atom. The second kappa shape index (κ2) is 8.78. The zero-order valence-electron chi connectivity index (χ0n) is 19.3. The minimum Gasteiger partial charge on any atom is -0.481 e. The highest BCUT2D eigenvalue weighted by atomic mass is 16.5. The first-order chi connectivity index (χ1) is 16.4. The summed E-state index contributed by atoms with van der Waals surface area (Å²) in [5.41, 5.74) is 4.36. The molecule has 0 bridgehead atoms. The molecule has 2 fully saturated rings. The standard InChI is InChI=1S/C27H30N2O5/c1-17(24(30)29-14-23(25(31)32)27(16-29)11-6-12-27)13-28-26(33)34-15-22-20-9-4-2-7-18(20)19-8-3-5-10-21(19)22/h2-5,7-10,17,22-23H,6,11-16H2,1H3,(H,28,33)(H,31,32). The number of hydrogen-bond donors (Lipinski definition) is 2. The summed E-state index contributed by atoms with van der Waals surface area (Å²) in [5, 5.41) is 12.3. The molecule has 1 aliphatic heterocycles. The number of ether oxygens (including phenoxy) is 1. The van der Waals surface area contributed by atoms with E-state index in [4.69, 9.17) is 4.74 Å². The minimum absolute atomic E-state index is 0.0200. The molecule has 1 spiro atoms. The Hall–Kier alpha value is -3.35. The van der Waals surface area contributed by atoms with Crippen LogP contribution in [0.1, 0.15) is 43.2 Å². The van der Waals surface area contributed by atoms with Crippen LogP contribution in [-0.2, 0) is 14.3 Å². The van der Waals surface area contributed by atoms with Crippen molar-refractivity contribution in [3.8, 4) is 11.1 Å². The Kier molecular flexibility index (Phi) is 5.80. The average molecular weight is 463 g/mol. The summed E-state index contributed by atoms with van der Waals surface area (Å²) in [4.78, 5) is 38.7. The molecular formula is C27H30N2O5. The minimum atomic E-state index is -0.820. The number of carbonyl (C=O) groups excluding carboxylic acids is 2. The van der Waals surface area contributed by atoms with Gasteiger partial charge in [-0.3, -0.25) is 9.59 Å². The molecule has 2 aromatic carbocycles. The predicted molar refractivity (Wildman–Crippen MR) is 126 cm³/mol. The van der Waals surface area contributed by atoms with E-state index in [-0.39, 0.29) is 36.9 Å². The van der Waals surface area contributed by atoms with Crippen molar-refractivity contribution in [2.45, 2.75) is 32.1 Å². The molecular weight excluding hydrogens is 432 g/mol. The number of fused-ring (bicyclic) bond motifs is 3. The zero-order chi connectivity index (χ0) is 23.9. The second-order valence-corrected chi connectivity index (χ2v) is 9.93. The van der Waals surface area contributed by atoms with E-state index < -0.39 is 23.9 Å². The lowest BCUT2D eigenvalue weighted by atomic mass is 9.63. The molecule has 34 heavy (non-hydrogen) atoms. The second-order valence-electron chi connectivity index (χ2n) is 9.93. The Bertz CT molecular complexity index is 1080. The van der Waals surface area contributed by atoms with E-state index in [1.165, 1.54) is 11.1 Å². The van der Waals surface area contributed by atoms with Gasteiger partial charge in [-0.15, -0.1) is 0 Å². The number of nitrogens with one attached hydrogen (secondary N) is 1. The van der Waals surface area contributed by atoms with Gasteiger partial charge in [0, 0.05) is 31.0 Å². The Balaban J connectivity index is 1.14. The van der Waals surface area contributed by atoms with Gasteiger partial charge in [-0.2, -0.15) is 0 Å². The van der Waals surface area contributed by atoms with Crippen molar-refractivity contribution in [1.82, 2.24) is 10.2 Å². The van der Waals surface area contributed by atoms with Crippen LogP contribution in [0.4, 0.5) is 4.79 Å². The van der Waals surface area contributed by atoms with Crippen molar-refractivity contribution >= 4 is 18.0 Å². The molecule has 1 heterocycles. The maximum atomic E-state index is 12.9. The molecule has 2 aliphatic carbocycles. The number of rotatable bonds is 6. The molecule has 0 radical (unpaired) electrons. The fraction of sp³-hybridized carbons (Fsp3) is 0.444. The fourth-order valence-corrected chi connectivity index (χ4v) is 5.90. The van der Waals surface area contributed by atoms with Gasteiger partial charge in [0.15, 0.2) is 0 Å². The van der Waals surface area contributed by atoms with Crippen LogP contribution in [0.15, 0.2) is 48.5 Å². The third-order valence-electron chi connectivity index (χ3n) is 7.92. The molecule has 5 rings (SSSR count). The van der Waals surface area contributed by atoms with E-state index in [1.807, 2.05) is 24.3 Å². The van der Waals surface area contributed by atoms with Crippen molar-refractivity contribution in [3.05, 3.63) is 59.7 Å². The number of likely N-dealkylation sites (tertiary alicyclic amines) is 1. The lowest BCUT2D eigenvalue weighted by Gasteiger charge is -2.41. The van der Waals surface area contributed by atoms with Crippen molar-refractivity contribution in [2.24, 2.45) is 17.3 Å². The summed E-state index contributed by atoms with van der Waals surface area (Å²) >= 11 is 0. The summed E-state index contributed by atoms with van der Waals surface area (Å²) in [5.74, 6) is -1.90. The molecule has 2 amide bonds. The molecule has 1 saturated heterocycles. The molecule has 7 heteroatoms. The van der Waals surface area contributed by atoms with E-state index >= 15 is 0 Å². The Morgan fingerprint density at radius 3 is 2.24 bits per heavy atom. The van der Waals surface area contributed by atoms with Gasteiger partial charge in [-0.1, -0.05) is 61.9 Å². The summed E-state index contributed by atoms with van der Waals surface area (Å²) in [6, 6.07) is 16.3. The first-order valence-corrected chi connectivity index (χ1v) is 12.0. The Labute approximate surface area is 199 Å². The van der Waals surface area contributed by atoms with E-state index in [0.29, 0.717) is 6.54 Å². The van der Waals surface area contributed by atoms with Crippen LogP contribution in [0.5, 0.6) is 0 Å². The molecule has 2 unspecified atom stereocenters. The van der Waals surface area contributed by atoms with E-state index in [2.05, 4.69) is 29.6 Å². The smallest absolute Gasteiger partial charge is 0.407 e. The quantitative estimate of drug-likeness (QED) is 0.679. The number of carbonyl (C=O) groups is 3. The topological polar surface area (TPSA) is 95.9 Å². The first kappa shape index (κ1) is 22.4. The molecule has 2 atom stereocenters. The molecule has 2 aromatic rings. The third kappa shape index (κ3) is 3.83. The van der Waals surface area contributed by atoms with Crippen LogP contribution >= 0.6 is 0 Å². The normalized spacial score (nSPS) is 20.9. The average Bonchev–Trinajstić information content (AvgIpc) is 3.38. The number of benzene rings is 2. The Morgan fingerprint density at radius 2 is 1.71 bits per heavy atom. The highest BCUT2D eigenvalue weighted by molar-refractivity contribution is 5.82. The van der Waals surface area contributed by atoms with Crippen LogP contribution in [0.25, 0.3) is 11.1 Å². The van der Waals surface area contributed by atoms with Gasteiger partial charge < -0.3 is 20.1 Å². The number of hydrogen-bond acceptors (Lipinski definition) is 4. The highest BCUT2D eigenvalue weighted by Crippen LogP contribution is 2.52. The number of carboxylic acid groups (broad SMARTS) is 1. The molecule has 2 N–H and O–H groups in total. The lowest BCUT2D eigenvalue weighted by Crippen LogP contribution is -2.42. The third-order valence-corrected chi connectivity index (χ3v) is 7.92. The number of aliphatic carboxylic acids is 1. The largest absolute Gasteiger partial charge is 0.481 e. The van der Waals surface area contributed by atoms with Gasteiger partial charge in [-0.25, -0.2) is 4.79 Å². The van der Waals surface area contributed by atoms with Crippen molar-refractivity contribution in [1.29, 1.82) is 0 Å². The maximum Gasteiger partial charge on any atom is 0.407 e. The van der Waals surface area contributed by atoms with Crippen LogP contribution in [-0.4, -0.2) is 54.2 Å². The number of nitrogens with zero attached hydrogens (tertiary/aromatic N) is 1. The van der Waals surface area contributed by atoms with E-state index in [0.717, 1.165) is 30.4 Å². The summed E-state index contributed by atoms with van der Waals surface area (Å²) in [6.45, 7) is 2.88. The van der Waals surface area contributed by atoms with Gasteiger partial charge in [0.05, 0.1) is 11.8 Å². The summed E-state index contributed by atoms with van der Waals surface area (Å²) in [6.07, 6.45) is 2.19. The van der Waals surface area contributed by atoms with Crippen molar-refractivity contribution in [2.75, 3.05) is 26.2 Å². The lowest BCUT2D eigenvalue weighted by molar-refractivity contribution is -0.146. The number of alkyl carbamates (subject to hydrolysis) is 1. The molecule has 3 aliphatic rings. The van der Waals surface area contributed by atoms with Crippen LogP contribution < -0.4 is 5.32 Å². The number of amides is 2. The van der Waals surface area contributed by atoms with Crippen LogP contribution in [0.3, 0.4) is 0 Å². The maximum absolute atomic E-state index is 12.9. The van der Waals surface area contributed by atoms with E-state index in [1.54, 1.807) is 11.8 Å².